The molecule has 0 spiro atoms. The van der Waals surface area contributed by atoms with Gasteiger partial charge >= 0.3 is 0 Å². The van der Waals surface area contributed by atoms with Crippen LogP contribution in [0.1, 0.15) is 26.3 Å². The number of benzene rings is 1. The van der Waals surface area contributed by atoms with Crippen LogP contribution in [-0.2, 0) is 0 Å². The first-order valence-corrected chi connectivity index (χ1v) is 5.63. The average Bonchev–Trinajstić information content (AvgIpc) is 2.13. The molecule has 0 aliphatic heterocycles. The van der Waals surface area contributed by atoms with Gasteiger partial charge in [-0.15, -0.1) is 0 Å². The second kappa shape index (κ2) is 5.46. The first-order valence-electron chi connectivity index (χ1n) is 5.25. The first kappa shape index (κ1) is 13.2. The SMILES string of the molecule is CC(C)(C)NC/C=C/c1ccc(F)cc1Cl. The van der Waals surface area contributed by atoms with Crippen molar-refractivity contribution in [3.8, 4) is 0 Å². The molecule has 0 aliphatic carbocycles. The van der Waals surface area contributed by atoms with E-state index < -0.39 is 0 Å². The van der Waals surface area contributed by atoms with Gasteiger partial charge in [0, 0.05) is 12.1 Å². The van der Waals surface area contributed by atoms with Crippen LogP contribution < -0.4 is 5.32 Å². The lowest BCUT2D eigenvalue weighted by Gasteiger charge is -2.18. The monoisotopic (exact) mass is 241 g/mol. The smallest absolute Gasteiger partial charge is 0.124 e. The number of hydrogen-bond acceptors (Lipinski definition) is 1. The Bertz CT molecular complexity index is 380. The maximum Gasteiger partial charge on any atom is 0.124 e. The fourth-order valence-electron chi connectivity index (χ4n) is 1.19. The maximum absolute atomic E-state index is 12.8. The molecule has 0 fully saturated rings. The fourth-order valence-corrected chi connectivity index (χ4v) is 1.42. The van der Waals surface area contributed by atoms with E-state index in [0.717, 1.165) is 12.1 Å². The minimum Gasteiger partial charge on any atom is -0.309 e. The molecule has 0 atom stereocenters. The molecule has 0 aliphatic rings. The van der Waals surface area contributed by atoms with Gasteiger partial charge in [-0.25, -0.2) is 4.39 Å². The van der Waals surface area contributed by atoms with Gasteiger partial charge in [0.25, 0.3) is 0 Å². The molecular formula is C13H17ClFN. The summed E-state index contributed by atoms with van der Waals surface area (Å²) in [6, 6.07) is 4.40. The van der Waals surface area contributed by atoms with Crippen molar-refractivity contribution in [3.63, 3.8) is 0 Å². The number of nitrogens with one attached hydrogen (secondary N) is 1. The summed E-state index contributed by atoms with van der Waals surface area (Å²) < 4.78 is 12.8. The second-order valence-corrected chi connectivity index (χ2v) is 5.11. The number of rotatable bonds is 3. The lowest BCUT2D eigenvalue weighted by molar-refractivity contribution is 0.450. The van der Waals surface area contributed by atoms with Crippen LogP contribution in [0.2, 0.25) is 5.02 Å². The third kappa shape index (κ3) is 4.77. The normalized spacial score (nSPS) is 12.3. The van der Waals surface area contributed by atoms with E-state index in [0.29, 0.717) is 5.02 Å². The zero-order valence-corrected chi connectivity index (χ0v) is 10.6. The van der Waals surface area contributed by atoms with Crippen molar-refractivity contribution in [3.05, 3.63) is 40.7 Å². The van der Waals surface area contributed by atoms with Crippen molar-refractivity contribution < 1.29 is 4.39 Å². The van der Waals surface area contributed by atoms with Gasteiger partial charge < -0.3 is 5.32 Å². The summed E-state index contributed by atoms with van der Waals surface area (Å²) in [6.07, 6.45) is 3.87. The van der Waals surface area contributed by atoms with E-state index in [4.69, 9.17) is 11.6 Å². The molecule has 0 radical (unpaired) electrons. The van der Waals surface area contributed by atoms with Crippen molar-refractivity contribution >= 4 is 17.7 Å². The van der Waals surface area contributed by atoms with Gasteiger partial charge in [0.05, 0.1) is 5.02 Å². The average molecular weight is 242 g/mol. The molecule has 0 unspecified atom stereocenters. The molecule has 1 aromatic carbocycles. The van der Waals surface area contributed by atoms with E-state index in [1.54, 1.807) is 6.07 Å². The topological polar surface area (TPSA) is 12.0 Å². The summed E-state index contributed by atoms with van der Waals surface area (Å²) >= 11 is 5.89. The maximum atomic E-state index is 12.8. The van der Waals surface area contributed by atoms with Gasteiger partial charge in [-0.05, 0) is 38.5 Å². The highest BCUT2D eigenvalue weighted by Gasteiger charge is 2.05. The van der Waals surface area contributed by atoms with Gasteiger partial charge in [0.15, 0.2) is 0 Å². The Balaban J connectivity index is 2.57. The van der Waals surface area contributed by atoms with Crippen LogP contribution >= 0.6 is 11.6 Å². The summed E-state index contributed by atoms with van der Waals surface area (Å²) in [5.74, 6) is -0.310. The highest BCUT2D eigenvalue weighted by atomic mass is 35.5. The van der Waals surface area contributed by atoms with Crippen LogP contribution in [0.25, 0.3) is 6.08 Å². The van der Waals surface area contributed by atoms with Gasteiger partial charge in [-0.1, -0.05) is 29.8 Å². The van der Waals surface area contributed by atoms with E-state index >= 15 is 0 Å². The Morgan fingerprint density at radius 1 is 1.38 bits per heavy atom. The third-order valence-corrected chi connectivity index (χ3v) is 2.34. The Labute approximate surface area is 101 Å². The number of hydrogen-bond donors (Lipinski definition) is 1. The van der Waals surface area contributed by atoms with Crippen molar-refractivity contribution in [2.45, 2.75) is 26.3 Å². The minimum atomic E-state index is -0.310. The minimum absolute atomic E-state index is 0.0942. The molecule has 1 nitrogen and oxygen atoms in total. The van der Waals surface area contributed by atoms with Gasteiger partial charge in [0.1, 0.15) is 5.82 Å². The van der Waals surface area contributed by atoms with Crippen molar-refractivity contribution in [1.29, 1.82) is 0 Å². The van der Waals surface area contributed by atoms with Gasteiger partial charge in [-0.3, -0.25) is 0 Å². The predicted octanol–water partition coefficient (Wildman–Crippen LogP) is 3.88. The summed E-state index contributed by atoms with van der Waals surface area (Å²) in [4.78, 5) is 0. The van der Waals surface area contributed by atoms with E-state index in [9.17, 15) is 4.39 Å². The summed E-state index contributed by atoms with van der Waals surface area (Å²) in [5, 5.41) is 3.76. The Morgan fingerprint density at radius 3 is 2.62 bits per heavy atom. The first-order chi connectivity index (χ1) is 7.38. The zero-order valence-electron chi connectivity index (χ0n) is 9.85. The summed E-state index contributed by atoms with van der Waals surface area (Å²) in [6.45, 7) is 7.07. The summed E-state index contributed by atoms with van der Waals surface area (Å²) in [7, 11) is 0. The third-order valence-electron chi connectivity index (χ3n) is 2.01. The lowest BCUT2D eigenvalue weighted by atomic mass is 10.1. The van der Waals surface area contributed by atoms with Crippen LogP contribution in [0.15, 0.2) is 24.3 Å². The van der Waals surface area contributed by atoms with E-state index in [2.05, 4.69) is 26.1 Å². The molecule has 1 rings (SSSR count). The Morgan fingerprint density at radius 2 is 2.06 bits per heavy atom. The number of halogens is 2. The molecule has 1 N–H and O–H groups in total. The summed E-state index contributed by atoms with van der Waals surface area (Å²) in [5.41, 5.74) is 0.926. The fraction of sp³-hybridized carbons (Fsp3) is 0.385. The van der Waals surface area contributed by atoms with Gasteiger partial charge in [-0.2, -0.15) is 0 Å². The predicted molar refractivity (Wildman–Crippen MR) is 68.2 cm³/mol. The molecule has 88 valence electrons. The van der Waals surface area contributed by atoms with Crippen LogP contribution in [0.3, 0.4) is 0 Å². The van der Waals surface area contributed by atoms with E-state index in [1.165, 1.54) is 12.1 Å². The quantitative estimate of drug-likeness (QED) is 0.847. The molecule has 0 bridgehead atoms. The molecule has 16 heavy (non-hydrogen) atoms. The van der Waals surface area contributed by atoms with Crippen LogP contribution in [0.4, 0.5) is 4.39 Å². The van der Waals surface area contributed by atoms with Crippen molar-refractivity contribution in [2.24, 2.45) is 0 Å². The molecule has 0 aromatic heterocycles. The zero-order chi connectivity index (χ0) is 12.2. The highest BCUT2D eigenvalue weighted by molar-refractivity contribution is 6.32. The van der Waals surface area contributed by atoms with Crippen LogP contribution in [0, 0.1) is 5.82 Å². The largest absolute Gasteiger partial charge is 0.309 e. The molecule has 3 heteroatoms. The van der Waals surface area contributed by atoms with Crippen LogP contribution in [-0.4, -0.2) is 12.1 Å². The van der Waals surface area contributed by atoms with Crippen molar-refractivity contribution in [1.82, 2.24) is 5.32 Å². The second-order valence-electron chi connectivity index (χ2n) is 4.70. The van der Waals surface area contributed by atoms with E-state index in [-0.39, 0.29) is 11.4 Å². The van der Waals surface area contributed by atoms with Gasteiger partial charge in [0.2, 0.25) is 0 Å². The molecule has 0 saturated heterocycles. The Kier molecular flexibility index (Phi) is 4.51. The molecule has 0 heterocycles. The molecule has 0 amide bonds. The molecular weight excluding hydrogens is 225 g/mol. The lowest BCUT2D eigenvalue weighted by Crippen LogP contribution is -2.35. The van der Waals surface area contributed by atoms with Crippen molar-refractivity contribution in [2.75, 3.05) is 6.54 Å². The van der Waals surface area contributed by atoms with Crippen LogP contribution in [0.5, 0.6) is 0 Å². The molecule has 1 aromatic rings. The standard InChI is InChI=1S/C13H17ClFN/c1-13(2,3)16-8-4-5-10-6-7-11(15)9-12(10)14/h4-7,9,16H,8H2,1-3H3/b5-4+. The Hall–Kier alpha value is -0.860. The molecule has 0 saturated carbocycles. The highest BCUT2D eigenvalue weighted by Crippen LogP contribution is 2.18. The van der Waals surface area contributed by atoms with E-state index in [1.807, 2.05) is 12.2 Å².